The van der Waals surface area contributed by atoms with Crippen molar-refractivity contribution in [2.75, 3.05) is 7.11 Å². The van der Waals surface area contributed by atoms with Crippen molar-refractivity contribution in [3.63, 3.8) is 0 Å². The molecule has 1 saturated carbocycles. The Labute approximate surface area is 107 Å². The third-order valence-electron chi connectivity index (χ3n) is 3.97. The quantitative estimate of drug-likeness (QED) is 0.820. The molecule has 0 radical (unpaired) electrons. The number of halogens is 1. The van der Waals surface area contributed by atoms with Gasteiger partial charge < -0.3 is 4.74 Å². The number of hydrogen-bond donors (Lipinski definition) is 0. The van der Waals surface area contributed by atoms with Crippen LogP contribution in [0, 0.1) is 12.7 Å². The van der Waals surface area contributed by atoms with Crippen molar-refractivity contribution >= 4 is 5.78 Å². The van der Waals surface area contributed by atoms with E-state index < -0.39 is 5.60 Å². The Kier molecular flexibility index (Phi) is 3.81. The Hall–Kier alpha value is -1.22. The van der Waals surface area contributed by atoms with Crippen molar-refractivity contribution in [1.29, 1.82) is 0 Å². The van der Waals surface area contributed by atoms with Crippen LogP contribution in [0.5, 0.6) is 0 Å². The molecule has 0 aliphatic heterocycles. The van der Waals surface area contributed by atoms with Gasteiger partial charge in [-0.05, 0) is 55.9 Å². The summed E-state index contributed by atoms with van der Waals surface area (Å²) in [6.07, 6.45) is 4.04. The third kappa shape index (κ3) is 2.46. The molecule has 1 aliphatic rings. The van der Waals surface area contributed by atoms with Crippen LogP contribution in [0.3, 0.4) is 0 Å². The lowest BCUT2D eigenvalue weighted by atomic mass is 9.90. The zero-order valence-electron chi connectivity index (χ0n) is 11.0. The molecule has 2 rings (SSSR count). The first-order valence-electron chi connectivity index (χ1n) is 6.41. The maximum atomic E-state index is 13.0. The van der Waals surface area contributed by atoms with Gasteiger partial charge in [0, 0.05) is 13.5 Å². The fourth-order valence-electron chi connectivity index (χ4n) is 2.73. The minimum absolute atomic E-state index is 0.122. The third-order valence-corrected chi connectivity index (χ3v) is 3.97. The van der Waals surface area contributed by atoms with Gasteiger partial charge in [0.1, 0.15) is 11.4 Å². The summed E-state index contributed by atoms with van der Waals surface area (Å²) < 4.78 is 18.5. The van der Waals surface area contributed by atoms with Gasteiger partial charge in [0.05, 0.1) is 0 Å². The predicted octanol–water partition coefficient (Wildman–Crippen LogP) is 3.20. The normalized spacial score (nSPS) is 17.9. The van der Waals surface area contributed by atoms with E-state index in [0.717, 1.165) is 36.8 Å². The highest BCUT2D eigenvalue weighted by molar-refractivity contribution is 5.89. The fraction of sp³-hybridized carbons (Fsp3) is 0.533. The van der Waals surface area contributed by atoms with Crippen molar-refractivity contribution < 1.29 is 13.9 Å². The molecule has 0 aromatic heterocycles. The number of benzene rings is 1. The van der Waals surface area contributed by atoms with E-state index in [2.05, 4.69) is 0 Å². The summed E-state index contributed by atoms with van der Waals surface area (Å²) in [7, 11) is 1.61. The van der Waals surface area contributed by atoms with E-state index in [9.17, 15) is 9.18 Å². The number of ketones is 1. The molecule has 0 bridgehead atoms. The molecule has 0 spiro atoms. The number of methoxy groups -OCH3 is 1. The molecule has 0 heterocycles. The van der Waals surface area contributed by atoms with E-state index in [0.29, 0.717) is 6.42 Å². The summed E-state index contributed by atoms with van der Waals surface area (Å²) in [6, 6.07) is 4.57. The summed E-state index contributed by atoms with van der Waals surface area (Å²) >= 11 is 0. The van der Waals surface area contributed by atoms with Crippen LogP contribution in [0.2, 0.25) is 0 Å². The van der Waals surface area contributed by atoms with Crippen LogP contribution in [-0.4, -0.2) is 18.5 Å². The minimum Gasteiger partial charge on any atom is -0.370 e. The van der Waals surface area contributed by atoms with Gasteiger partial charge in [-0.15, -0.1) is 0 Å². The first-order chi connectivity index (χ1) is 8.57. The molecule has 1 aromatic rings. The number of aryl methyl sites for hydroxylation is 1. The van der Waals surface area contributed by atoms with Crippen LogP contribution in [0.25, 0.3) is 0 Å². The molecule has 0 saturated heterocycles. The molecule has 0 amide bonds. The molecular weight excluding hydrogens is 231 g/mol. The van der Waals surface area contributed by atoms with Gasteiger partial charge in [0.15, 0.2) is 5.78 Å². The van der Waals surface area contributed by atoms with Gasteiger partial charge in [0.25, 0.3) is 0 Å². The lowest BCUT2D eigenvalue weighted by molar-refractivity contribution is -0.139. The molecule has 98 valence electrons. The predicted molar refractivity (Wildman–Crippen MR) is 68.1 cm³/mol. The van der Waals surface area contributed by atoms with Crippen LogP contribution in [0.4, 0.5) is 4.39 Å². The van der Waals surface area contributed by atoms with Gasteiger partial charge in [-0.3, -0.25) is 4.79 Å². The van der Waals surface area contributed by atoms with E-state index in [1.807, 2.05) is 6.92 Å². The highest BCUT2D eigenvalue weighted by Gasteiger charge is 2.40. The van der Waals surface area contributed by atoms with Gasteiger partial charge in [-0.25, -0.2) is 4.39 Å². The average Bonchev–Trinajstić information content (AvgIpc) is 2.82. The van der Waals surface area contributed by atoms with E-state index in [4.69, 9.17) is 4.74 Å². The van der Waals surface area contributed by atoms with E-state index in [-0.39, 0.29) is 11.6 Å². The van der Waals surface area contributed by atoms with E-state index in [1.54, 1.807) is 13.2 Å². The van der Waals surface area contributed by atoms with Crippen LogP contribution in [0.15, 0.2) is 18.2 Å². The Morgan fingerprint density at radius 2 is 2.06 bits per heavy atom. The topological polar surface area (TPSA) is 26.3 Å². The summed E-state index contributed by atoms with van der Waals surface area (Å²) in [5.74, 6) is -0.136. The standard InChI is InChI=1S/C15H19FO2/c1-11-9-13(16)6-5-12(11)10-14(17)15(18-2)7-3-4-8-15/h5-6,9H,3-4,7-8,10H2,1-2H3. The smallest absolute Gasteiger partial charge is 0.168 e. The summed E-state index contributed by atoms with van der Waals surface area (Å²) in [5.41, 5.74) is 1.12. The number of carbonyl (C=O) groups is 1. The second-order valence-electron chi connectivity index (χ2n) is 5.08. The second-order valence-corrected chi connectivity index (χ2v) is 5.08. The van der Waals surface area contributed by atoms with Crippen molar-refractivity contribution in [2.45, 2.75) is 44.6 Å². The average molecular weight is 250 g/mol. The number of Topliss-reactive ketones (excluding diaryl/α,β-unsaturated/α-hetero) is 1. The molecule has 2 nitrogen and oxygen atoms in total. The Balaban J connectivity index is 2.15. The molecule has 0 N–H and O–H groups in total. The fourth-order valence-corrected chi connectivity index (χ4v) is 2.73. The molecule has 0 atom stereocenters. The lowest BCUT2D eigenvalue weighted by Crippen LogP contribution is -2.39. The van der Waals surface area contributed by atoms with Crippen LogP contribution in [-0.2, 0) is 16.0 Å². The first-order valence-corrected chi connectivity index (χ1v) is 6.41. The molecule has 1 fully saturated rings. The van der Waals surface area contributed by atoms with Crippen molar-refractivity contribution in [3.8, 4) is 0 Å². The number of hydrogen-bond acceptors (Lipinski definition) is 2. The molecule has 0 unspecified atom stereocenters. The van der Waals surface area contributed by atoms with Gasteiger partial charge in [0.2, 0.25) is 0 Å². The van der Waals surface area contributed by atoms with Gasteiger partial charge in [-0.1, -0.05) is 6.07 Å². The van der Waals surface area contributed by atoms with Crippen LogP contribution >= 0.6 is 0 Å². The zero-order valence-corrected chi connectivity index (χ0v) is 11.0. The SMILES string of the molecule is COC1(C(=O)Cc2ccc(F)cc2C)CCCC1. The van der Waals surface area contributed by atoms with Crippen molar-refractivity contribution in [1.82, 2.24) is 0 Å². The van der Waals surface area contributed by atoms with E-state index >= 15 is 0 Å². The van der Waals surface area contributed by atoms with Gasteiger partial charge in [-0.2, -0.15) is 0 Å². The van der Waals surface area contributed by atoms with Crippen LogP contribution < -0.4 is 0 Å². The Morgan fingerprint density at radius 3 is 2.61 bits per heavy atom. The first kappa shape index (κ1) is 13.2. The van der Waals surface area contributed by atoms with Gasteiger partial charge >= 0.3 is 0 Å². The monoisotopic (exact) mass is 250 g/mol. The van der Waals surface area contributed by atoms with Crippen molar-refractivity contribution in [3.05, 3.63) is 35.1 Å². The van der Waals surface area contributed by atoms with Crippen molar-refractivity contribution in [2.24, 2.45) is 0 Å². The molecule has 1 aromatic carbocycles. The Morgan fingerprint density at radius 1 is 1.39 bits per heavy atom. The molecule has 1 aliphatic carbocycles. The van der Waals surface area contributed by atoms with Crippen LogP contribution in [0.1, 0.15) is 36.8 Å². The zero-order chi connectivity index (χ0) is 13.2. The molecule has 18 heavy (non-hydrogen) atoms. The number of carbonyl (C=O) groups excluding carboxylic acids is 1. The molecular formula is C15H19FO2. The second kappa shape index (κ2) is 5.19. The largest absolute Gasteiger partial charge is 0.370 e. The highest BCUT2D eigenvalue weighted by atomic mass is 19.1. The number of rotatable bonds is 4. The van der Waals surface area contributed by atoms with E-state index in [1.165, 1.54) is 12.1 Å². The maximum absolute atomic E-state index is 13.0. The summed E-state index contributed by atoms with van der Waals surface area (Å²) in [5, 5.41) is 0. The maximum Gasteiger partial charge on any atom is 0.168 e. The summed E-state index contributed by atoms with van der Waals surface area (Å²) in [6.45, 7) is 1.83. The highest BCUT2D eigenvalue weighted by Crippen LogP contribution is 2.34. The Bertz CT molecular complexity index is 448. The lowest BCUT2D eigenvalue weighted by Gasteiger charge is -2.26. The summed E-state index contributed by atoms with van der Waals surface area (Å²) in [4.78, 5) is 12.4. The molecule has 3 heteroatoms. The number of ether oxygens (including phenoxy) is 1. The minimum atomic E-state index is -0.596.